The lowest BCUT2D eigenvalue weighted by atomic mass is 9.94. The summed E-state index contributed by atoms with van der Waals surface area (Å²) in [5, 5.41) is 9.23. The Morgan fingerprint density at radius 1 is 1.14 bits per heavy atom. The maximum Gasteiger partial charge on any atom is 0.248 e. The van der Waals surface area contributed by atoms with Crippen LogP contribution in [0, 0.1) is 5.92 Å². The Morgan fingerprint density at radius 3 is 2.81 bits per heavy atom. The van der Waals surface area contributed by atoms with Crippen molar-refractivity contribution in [2.45, 2.75) is 68.7 Å². The Bertz CT molecular complexity index is 546. The van der Waals surface area contributed by atoms with E-state index in [4.69, 9.17) is 4.99 Å². The zero-order valence-electron chi connectivity index (χ0n) is 12.6. The maximum atomic E-state index is 4.85. The van der Waals surface area contributed by atoms with Crippen LogP contribution in [0.3, 0.4) is 0 Å². The molecule has 5 nitrogen and oxygen atoms in total. The highest BCUT2D eigenvalue weighted by atomic mass is 32.2. The zero-order chi connectivity index (χ0) is 14.2. The molecular weight excluding hydrogens is 282 g/mol. The minimum atomic E-state index is 0.473. The van der Waals surface area contributed by atoms with Crippen LogP contribution in [-0.2, 0) is 6.54 Å². The number of thioether (sulfide) groups is 1. The molecule has 0 saturated heterocycles. The number of fused-ring (bicyclic) bond motifs is 2. The summed E-state index contributed by atoms with van der Waals surface area (Å²) in [6, 6.07) is 1.17. The SMILES string of the molecule is CSc1nc2n(n1)CC1CCC(NC3CCCCC3)C1=N2. The van der Waals surface area contributed by atoms with Crippen LogP contribution < -0.4 is 5.32 Å². The Morgan fingerprint density at radius 2 is 2.00 bits per heavy atom. The molecule has 2 fully saturated rings. The largest absolute Gasteiger partial charge is 0.306 e. The van der Waals surface area contributed by atoms with E-state index in [9.17, 15) is 0 Å². The van der Waals surface area contributed by atoms with Gasteiger partial charge in [-0.1, -0.05) is 31.0 Å². The molecule has 2 aliphatic carbocycles. The molecule has 2 unspecified atom stereocenters. The second-order valence-electron chi connectivity index (χ2n) is 6.45. The molecule has 0 bridgehead atoms. The first-order chi connectivity index (χ1) is 10.3. The van der Waals surface area contributed by atoms with E-state index in [1.807, 2.05) is 10.9 Å². The van der Waals surface area contributed by atoms with Gasteiger partial charge in [-0.05, 0) is 31.9 Å². The number of hydrogen-bond donors (Lipinski definition) is 1. The van der Waals surface area contributed by atoms with Crippen LogP contribution in [0.4, 0.5) is 5.95 Å². The minimum Gasteiger partial charge on any atom is -0.306 e. The molecule has 2 heterocycles. The van der Waals surface area contributed by atoms with E-state index in [1.54, 1.807) is 11.8 Å². The average molecular weight is 305 g/mol. The second-order valence-corrected chi connectivity index (χ2v) is 7.22. The normalized spacial score (nSPS) is 29.1. The standard InChI is InChI=1S/C15H23N5S/c1-21-15-18-14-17-13-10(9-20(14)19-15)7-8-12(13)16-11-5-3-2-4-6-11/h10-12,16H,2-9H2,1H3. The molecule has 1 aromatic rings. The molecule has 2 saturated carbocycles. The molecule has 21 heavy (non-hydrogen) atoms. The van der Waals surface area contributed by atoms with Gasteiger partial charge in [0.15, 0.2) is 0 Å². The Balaban J connectivity index is 1.52. The molecule has 1 N–H and O–H groups in total. The van der Waals surface area contributed by atoms with Crippen LogP contribution >= 0.6 is 11.8 Å². The third-order valence-electron chi connectivity index (χ3n) is 5.06. The summed E-state index contributed by atoms with van der Waals surface area (Å²) in [6.45, 7) is 0.963. The first-order valence-corrected chi connectivity index (χ1v) is 9.39. The summed E-state index contributed by atoms with van der Waals surface area (Å²) in [7, 11) is 0. The van der Waals surface area contributed by atoms with E-state index in [1.165, 1.54) is 50.7 Å². The van der Waals surface area contributed by atoms with Gasteiger partial charge in [0, 0.05) is 23.7 Å². The van der Waals surface area contributed by atoms with Gasteiger partial charge in [-0.25, -0.2) is 9.67 Å². The predicted molar refractivity (Wildman–Crippen MR) is 85.4 cm³/mol. The quantitative estimate of drug-likeness (QED) is 0.873. The highest BCUT2D eigenvalue weighted by Crippen LogP contribution is 2.33. The van der Waals surface area contributed by atoms with Crippen molar-refractivity contribution < 1.29 is 0 Å². The molecule has 3 aliphatic rings. The van der Waals surface area contributed by atoms with Gasteiger partial charge < -0.3 is 5.32 Å². The average Bonchev–Trinajstić information content (AvgIpc) is 3.09. The third kappa shape index (κ3) is 2.63. The molecule has 114 valence electrons. The highest BCUT2D eigenvalue weighted by molar-refractivity contribution is 7.98. The van der Waals surface area contributed by atoms with Gasteiger partial charge in [-0.2, -0.15) is 4.98 Å². The van der Waals surface area contributed by atoms with E-state index in [2.05, 4.69) is 15.4 Å². The smallest absolute Gasteiger partial charge is 0.248 e. The van der Waals surface area contributed by atoms with Crippen molar-refractivity contribution in [3.05, 3.63) is 0 Å². The van der Waals surface area contributed by atoms with E-state index >= 15 is 0 Å². The minimum absolute atomic E-state index is 0.473. The Kier molecular flexibility index (Phi) is 3.75. The van der Waals surface area contributed by atoms with Gasteiger partial charge in [0.1, 0.15) is 0 Å². The number of aliphatic imine (C=N–C) groups is 1. The van der Waals surface area contributed by atoms with Crippen LogP contribution in [0.25, 0.3) is 0 Å². The van der Waals surface area contributed by atoms with Gasteiger partial charge in [-0.15, -0.1) is 5.10 Å². The second kappa shape index (κ2) is 5.72. The van der Waals surface area contributed by atoms with E-state index < -0.39 is 0 Å². The van der Waals surface area contributed by atoms with Crippen LogP contribution in [-0.4, -0.2) is 38.8 Å². The fraction of sp³-hybridized carbons (Fsp3) is 0.800. The van der Waals surface area contributed by atoms with E-state index in [0.29, 0.717) is 18.0 Å². The van der Waals surface area contributed by atoms with Crippen molar-refractivity contribution in [3.8, 4) is 0 Å². The lowest BCUT2D eigenvalue weighted by Gasteiger charge is -2.28. The molecule has 6 heteroatoms. The molecule has 0 radical (unpaired) electrons. The van der Waals surface area contributed by atoms with Crippen LogP contribution in [0.15, 0.2) is 10.1 Å². The van der Waals surface area contributed by atoms with Gasteiger partial charge in [0.25, 0.3) is 0 Å². The molecule has 0 spiro atoms. The third-order valence-corrected chi connectivity index (χ3v) is 5.60. The highest BCUT2D eigenvalue weighted by Gasteiger charge is 2.37. The molecule has 0 aromatic carbocycles. The molecule has 0 amide bonds. The zero-order valence-corrected chi connectivity index (χ0v) is 13.4. The fourth-order valence-corrected chi connectivity index (χ4v) is 4.31. The summed E-state index contributed by atoms with van der Waals surface area (Å²) in [4.78, 5) is 9.36. The summed E-state index contributed by atoms with van der Waals surface area (Å²) in [5.74, 6) is 1.37. The van der Waals surface area contributed by atoms with Crippen molar-refractivity contribution in [3.63, 3.8) is 0 Å². The Labute approximate surface area is 130 Å². The number of nitrogens with zero attached hydrogens (tertiary/aromatic N) is 4. The van der Waals surface area contributed by atoms with Crippen molar-refractivity contribution >= 4 is 23.4 Å². The molecule has 4 rings (SSSR count). The van der Waals surface area contributed by atoms with Gasteiger partial charge in [0.05, 0.1) is 6.54 Å². The summed E-state index contributed by atoms with van der Waals surface area (Å²) < 4.78 is 1.99. The number of hydrogen-bond acceptors (Lipinski definition) is 5. The number of aromatic nitrogens is 3. The van der Waals surface area contributed by atoms with Gasteiger partial charge >= 0.3 is 0 Å². The van der Waals surface area contributed by atoms with Crippen molar-refractivity contribution in [1.82, 2.24) is 20.1 Å². The first kappa shape index (κ1) is 13.8. The van der Waals surface area contributed by atoms with Crippen molar-refractivity contribution in [2.24, 2.45) is 10.9 Å². The van der Waals surface area contributed by atoms with Crippen LogP contribution in [0.2, 0.25) is 0 Å². The van der Waals surface area contributed by atoms with Gasteiger partial charge in [0.2, 0.25) is 11.1 Å². The van der Waals surface area contributed by atoms with E-state index in [0.717, 1.165) is 17.6 Å². The summed E-state index contributed by atoms with van der Waals surface area (Å²) >= 11 is 1.59. The number of rotatable bonds is 3. The molecule has 1 aliphatic heterocycles. The molecular formula is C15H23N5S. The lowest BCUT2D eigenvalue weighted by Crippen LogP contribution is -2.43. The molecule has 2 atom stereocenters. The van der Waals surface area contributed by atoms with Crippen LogP contribution in [0.1, 0.15) is 44.9 Å². The monoisotopic (exact) mass is 305 g/mol. The summed E-state index contributed by atoms with van der Waals surface area (Å²) in [6.07, 6.45) is 11.3. The lowest BCUT2D eigenvalue weighted by molar-refractivity contribution is 0.360. The maximum absolute atomic E-state index is 4.85. The first-order valence-electron chi connectivity index (χ1n) is 8.17. The van der Waals surface area contributed by atoms with Crippen molar-refractivity contribution in [2.75, 3.05) is 6.26 Å². The van der Waals surface area contributed by atoms with E-state index in [-0.39, 0.29) is 0 Å². The van der Waals surface area contributed by atoms with Crippen LogP contribution in [0.5, 0.6) is 0 Å². The van der Waals surface area contributed by atoms with Gasteiger partial charge in [-0.3, -0.25) is 0 Å². The topological polar surface area (TPSA) is 55.1 Å². The number of nitrogens with one attached hydrogen (secondary N) is 1. The fourth-order valence-electron chi connectivity index (χ4n) is 3.95. The predicted octanol–water partition coefficient (Wildman–Crippen LogP) is 2.79. The summed E-state index contributed by atoms with van der Waals surface area (Å²) in [5.41, 5.74) is 1.34. The van der Waals surface area contributed by atoms with Crippen molar-refractivity contribution in [1.29, 1.82) is 0 Å². The Hall–Kier alpha value is -0.880. The molecule has 1 aromatic heterocycles.